The van der Waals surface area contributed by atoms with Crippen molar-refractivity contribution in [1.29, 1.82) is 0 Å². The van der Waals surface area contributed by atoms with Gasteiger partial charge in [0.15, 0.2) is 0 Å². The molecule has 16 heavy (non-hydrogen) atoms. The molecule has 2 N–H and O–H groups in total. The van der Waals surface area contributed by atoms with Gasteiger partial charge >= 0.3 is 130 Å². The molecule has 0 rings (SSSR count). The van der Waals surface area contributed by atoms with Crippen LogP contribution in [-0.4, -0.2) is 21.7 Å². The van der Waals surface area contributed by atoms with Gasteiger partial charge in [-0.05, 0) is 0 Å². The van der Waals surface area contributed by atoms with Gasteiger partial charge in [-0.2, -0.15) is 12.6 Å². The van der Waals surface area contributed by atoms with Crippen LogP contribution in [0.4, 0.5) is 0 Å². The predicted octanol–water partition coefficient (Wildman–Crippen LogP) is -12.7. The molecule has 0 aromatic rings. The molecule has 0 spiro atoms. The van der Waals surface area contributed by atoms with Crippen molar-refractivity contribution in [2.45, 2.75) is 0 Å². The van der Waals surface area contributed by atoms with Gasteiger partial charge in [0.2, 0.25) is 0 Å². The summed E-state index contributed by atoms with van der Waals surface area (Å²) in [5.41, 5.74) is 0. The fraction of sp³-hybridized carbons (Fsp3) is 0. The minimum absolute atomic E-state index is 0. The van der Waals surface area contributed by atoms with Gasteiger partial charge in [-0.3, -0.25) is 9.11 Å². The summed E-state index contributed by atoms with van der Waals surface area (Å²) in [5, 5.41) is 0. The Kier molecular flexibility index (Phi) is 29.9. The topological polar surface area (TPSA) is 110 Å². The van der Waals surface area contributed by atoms with Crippen LogP contribution in [0.2, 0.25) is 0 Å². The van der Waals surface area contributed by atoms with Gasteiger partial charge in [-0.1, -0.05) is 0 Å². The maximum atomic E-state index is 10.3. The van der Waals surface area contributed by atoms with Gasteiger partial charge < -0.3 is 5.71 Å². The smallest absolute Gasteiger partial charge is 1.00 e. The molecule has 2 unspecified atom stereocenters. The zero-order chi connectivity index (χ0) is 9.99. The molecular formula is H6Na4O7S5. The maximum Gasteiger partial charge on any atom is 1.00 e. The normalized spacial score (nSPS) is 17.9. The fourth-order valence-electron chi connectivity index (χ4n) is 0.152. The van der Waals surface area contributed by atoms with Crippen molar-refractivity contribution in [3.8, 4) is 0 Å². The minimum atomic E-state index is -4.17. The van der Waals surface area contributed by atoms with E-state index in [-0.39, 0.29) is 124 Å². The molecule has 16 heteroatoms. The molecule has 7 nitrogen and oxygen atoms in total. The average Bonchev–Trinajstić information content (AvgIpc) is 1.49. The van der Waals surface area contributed by atoms with Crippen molar-refractivity contribution in [2.24, 2.45) is 0 Å². The molecule has 0 aliphatic heterocycles. The van der Waals surface area contributed by atoms with E-state index in [0.29, 0.717) is 0 Å². The summed E-state index contributed by atoms with van der Waals surface area (Å²) in [7, 11) is -8.34. The van der Waals surface area contributed by atoms with Gasteiger partial charge in [0.1, 0.15) is 0 Å². The summed E-state index contributed by atoms with van der Waals surface area (Å²) in [5.74, 6) is 0. The Morgan fingerprint density at radius 3 is 1.25 bits per heavy atom. The predicted molar refractivity (Wildman–Crippen MR) is 51.0 cm³/mol. The molecule has 0 bridgehead atoms. The van der Waals surface area contributed by atoms with Crippen LogP contribution in [-0.2, 0) is 59.1 Å². The molecule has 2 atom stereocenters. The van der Waals surface area contributed by atoms with E-state index in [2.05, 4.69) is 29.6 Å². The van der Waals surface area contributed by atoms with Crippen molar-refractivity contribution in [2.75, 3.05) is 0 Å². The molecule has 0 aromatic carbocycles. The number of hydrogen-bond acceptors (Lipinski definition) is 7. The van der Waals surface area contributed by atoms with E-state index < -0.39 is 29.5 Å². The first kappa shape index (κ1) is 32.6. The summed E-state index contributed by atoms with van der Waals surface area (Å²) in [6.07, 6.45) is 0. The Morgan fingerprint density at radius 1 is 0.938 bits per heavy atom. The van der Waals surface area contributed by atoms with Crippen molar-refractivity contribution in [1.82, 2.24) is 0 Å². The standard InChI is InChI=1S/4Na.H2O7S5.4H/c;;;;1-10(6-11(2,3)8)7-12(4,5)9;;;;/h;;;;(H,2,3,8)(H,4,5,9);;;;/q4*+1;;4*-1. The molecular weight excluding hydrogens is 364 g/mol. The SMILES string of the molecule is O=S(OS(=O)(O)=S)OS(=O)(O)=S.[H-].[H-].[H-].[H-].[Na+].[Na+].[Na+].[Na+]. The molecule has 82 valence electrons. The number of hydrogen-bond donors (Lipinski definition) is 2. The largest absolute Gasteiger partial charge is 1.00 e. The van der Waals surface area contributed by atoms with Crippen LogP contribution in [0.25, 0.3) is 0 Å². The van der Waals surface area contributed by atoms with Gasteiger partial charge in [-0.15, -0.1) is 7.26 Å². The van der Waals surface area contributed by atoms with Gasteiger partial charge in [0.05, 0.1) is 0 Å². The number of rotatable bonds is 4. The van der Waals surface area contributed by atoms with Crippen LogP contribution in [0.1, 0.15) is 5.71 Å². The Bertz CT molecular complexity index is 346. The quantitative estimate of drug-likeness (QED) is 0.466. The van der Waals surface area contributed by atoms with Gasteiger partial charge in [0, 0.05) is 22.4 Å². The molecule has 0 saturated carbocycles. The van der Waals surface area contributed by atoms with E-state index in [1.54, 1.807) is 0 Å². The Hall–Kier alpha value is 4.73. The first-order chi connectivity index (χ1) is 5.10. The van der Waals surface area contributed by atoms with Gasteiger partial charge in [-0.25, -0.2) is 0 Å². The van der Waals surface area contributed by atoms with E-state index in [0.717, 1.165) is 0 Å². The molecule has 0 saturated heterocycles. The van der Waals surface area contributed by atoms with Crippen LogP contribution < -0.4 is 118 Å². The summed E-state index contributed by atoms with van der Waals surface area (Å²) < 4.78 is 54.2. The van der Waals surface area contributed by atoms with Crippen LogP contribution in [0.15, 0.2) is 0 Å². The van der Waals surface area contributed by atoms with E-state index in [4.69, 9.17) is 9.11 Å². The summed E-state index contributed by atoms with van der Waals surface area (Å²) in [6.45, 7) is 0. The van der Waals surface area contributed by atoms with Crippen molar-refractivity contribution in [3.63, 3.8) is 0 Å². The van der Waals surface area contributed by atoms with E-state index in [1.807, 2.05) is 0 Å². The van der Waals surface area contributed by atoms with Crippen LogP contribution in [0.5, 0.6) is 0 Å². The van der Waals surface area contributed by atoms with Gasteiger partial charge in [0.25, 0.3) is 18.1 Å². The minimum Gasteiger partial charge on any atom is -1.00 e. The second-order valence-corrected chi connectivity index (χ2v) is 6.93. The zero-order valence-electron chi connectivity index (χ0n) is 13.0. The van der Waals surface area contributed by atoms with E-state index in [1.165, 1.54) is 0 Å². The average molecular weight is 370 g/mol. The molecule has 0 aromatic heterocycles. The van der Waals surface area contributed by atoms with E-state index in [9.17, 15) is 12.6 Å². The van der Waals surface area contributed by atoms with Crippen LogP contribution >= 0.6 is 0 Å². The second-order valence-electron chi connectivity index (χ2n) is 1.20. The fourth-order valence-corrected chi connectivity index (χ4v) is 2.39. The summed E-state index contributed by atoms with van der Waals surface area (Å²) in [6, 6.07) is 0. The summed E-state index contributed by atoms with van der Waals surface area (Å²) in [4.78, 5) is 0. The van der Waals surface area contributed by atoms with E-state index >= 15 is 0 Å². The van der Waals surface area contributed by atoms with Crippen molar-refractivity contribution in [3.05, 3.63) is 0 Å². The third-order valence-corrected chi connectivity index (χ3v) is 3.55. The van der Waals surface area contributed by atoms with Crippen molar-refractivity contribution >= 4 is 51.8 Å². The molecule has 0 aliphatic carbocycles. The first-order valence-electron chi connectivity index (χ1n) is 1.87. The van der Waals surface area contributed by atoms with Crippen molar-refractivity contribution < 1.29 is 153 Å². The Labute approximate surface area is 200 Å². The molecule has 0 heterocycles. The van der Waals surface area contributed by atoms with Crippen LogP contribution in [0, 0.1) is 0 Å². The zero-order valence-corrected chi connectivity index (χ0v) is 21.1. The third-order valence-electron chi connectivity index (χ3n) is 0.283. The third kappa shape index (κ3) is 27.1. The molecule has 0 fully saturated rings. The first-order valence-corrected chi connectivity index (χ1v) is 7.60. The second kappa shape index (κ2) is 14.7. The monoisotopic (exact) mass is 370 g/mol. The Morgan fingerprint density at radius 2 is 1.12 bits per heavy atom. The Balaban J connectivity index is -0.0000000216. The van der Waals surface area contributed by atoms with Crippen LogP contribution in [0.3, 0.4) is 0 Å². The maximum absolute atomic E-state index is 10.3. The molecule has 0 amide bonds. The molecule has 0 radical (unpaired) electrons. The molecule has 0 aliphatic rings. The summed E-state index contributed by atoms with van der Waals surface area (Å²) >= 11 is 4.54.